The Hall–Kier alpha value is -1.85. The number of benzene rings is 1. The maximum absolute atomic E-state index is 10.9. The van der Waals surface area contributed by atoms with Gasteiger partial charge in [0, 0.05) is 36.2 Å². The second kappa shape index (κ2) is 6.36. The van der Waals surface area contributed by atoms with Crippen LogP contribution < -0.4 is 5.32 Å². The number of hydrogen-bond acceptors (Lipinski definition) is 4. The van der Waals surface area contributed by atoms with E-state index in [2.05, 4.69) is 5.32 Å². The third-order valence-electron chi connectivity index (χ3n) is 2.69. The molecule has 2 aromatic rings. The summed E-state index contributed by atoms with van der Waals surface area (Å²) in [6, 6.07) is 8.41. The molecule has 1 aromatic carbocycles. The summed E-state index contributed by atoms with van der Waals surface area (Å²) >= 11 is 5.75. The van der Waals surface area contributed by atoms with Crippen LogP contribution in [0.3, 0.4) is 0 Å². The molecule has 19 heavy (non-hydrogen) atoms. The van der Waals surface area contributed by atoms with Crippen LogP contribution in [0.25, 0.3) is 0 Å². The average molecular weight is 281 g/mol. The second-order valence-corrected chi connectivity index (χ2v) is 4.47. The Balaban J connectivity index is 1.90. The van der Waals surface area contributed by atoms with Crippen molar-refractivity contribution in [2.45, 2.75) is 13.0 Å². The molecule has 0 saturated heterocycles. The molecule has 5 nitrogen and oxygen atoms in total. The molecule has 0 spiro atoms. The van der Waals surface area contributed by atoms with E-state index in [0.717, 1.165) is 12.2 Å². The highest BCUT2D eigenvalue weighted by molar-refractivity contribution is 6.30. The summed E-state index contributed by atoms with van der Waals surface area (Å²) in [4.78, 5) is 10.5. The van der Waals surface area contributed by atoms with Crippen LogP contribution in [0.5, 0.6) is 0 Å². The largest absolute Gasteiger partial charge is 0.469 e. The van der Waals surface area contributed by atoms with Crippen molar-refractivity contribution >= 4 is 17.3 Å². The quantitative estimate of drug-likeness (QED) is 0.501. The Morgan fingerprint density at radius 3 is 2.89 bits per heavy atom. The van der Waals surface area contributed by atoms with Crippen LogP contribution >= 0.6 is 11.6 Å². The molecular weight excluding hydrogens is 268 g/mol. The van der Waals surface area contributed by atoms with Crippen LogP contribution in [0.4, 0.5) is 5.69 Å². The summed E-state index contributed by atoms with van der Waals surface area (Å²) in [6.45, 7) is 1.11. The molecule has 0 unspecified atom stereocenters. The highest BCUT2D eigenvalue weighted by Crippen LogP contribution is 2.22. The average Bonchev–Trinajstić information content (AvgIpc) is 2.89. The number of rotatable bonds is 6. The van der Waals surface area contributed by atoms with Crippen molar-refractivity contribution in [1.82, 2.24) is 5.32 Å². The van der Waals surface area contributed by atoms with Gasteiger partial charge in [0.1, 0.15) is 5.76 Å². The predicted octanol–water partition coefficient (Wildman–Crippen LogP) is 3.17. The molecule has 0 amide bonds. The molecule has 0 radical (unpaired) electrons. The number of nitrogens with one attached hydrogen (secondary N) is 1. The van der Waals surface area contributed by atoms with E-state index in [1.165, 1.54) is 6.07 Å². The Morgan fingerprint density at radius 1 is 1.37 bits per heavy atom. The zero-order chi connectivity index (χ0) is 13.7. The maximum Gasteiger partial charge on any atom is 0.275 e. The molecule has 0 bridgehead atoms. The number of nitro groups is 1. The standard InChI is InChI=1S/C13H13ClN2O3/c14-11-4-3-10(13(8-11)16(17)18)9-15-6-5-12-2-1-7-19-12/h1-4,7-8,15H,5-6,9H2. The van der Waals surface area contributed by atoms with E-state index in [-0.39, 0.29) is 5.69 Å². The first-order valence-corrected chi connectivity index (χ1v) is 6.20. The van der Waals surface area contributed by atoms with Gasteiger partial charge in [0.05, 0.1) is 11.2 Å². The topological polar surface area (TPSA) is 68.3 Å². The van der Waals surface area contributed by atoms with Crippen molar-refractivity contribution in [2.75, 3.05) is 6.54 Å². The van der Waals surface area contributed by atoms with Gasteiger partial charge in [0.15, 0.2) is 0 Å². The molecule has 2 rings (SSSR count). The fraction of sp³-hybridized carbons (Fsp3) is 0.231. The minimum Gasteiger partial charge on any atom is -0.469 e. The lowest BCUT2D eigenvalue weighted by atomic mass is 10.2. The lowest BCUT2D eigenvalue weighted by Gasteiger charge is -2.05. The summed E-state index contributed by atoms with van der Waals surface area (Å²) < 4.78 is 5.20. The van der Waals surface area contributed by atoms with Crippen molar-refractivity contribution in [2.24, 2.45) is 0 Å². The summed E-state index contributed by atoms with van der Waals surface area (Å²) in [6.07, 6.45) is 2.37. The molecule has 0 fully saturated rings. The van der Waals surface area contributed by atoms with E-state index in [9.17, 15) is 10.1 Å². The van der Waals surface area contributed by atoms with Crippen LogP contribution in [-0.4, -0.2) is 11.5 Å². The third kappa shape index (κ3) is 3.81. The number of nitro benzene ring substituents is 1. The van der Waals surface area contributed by atoms with Gasteiger partial charge in [0.2, 0.25) is 0 Å². The summed E-state index contributed by atoms with van der Waals surface area (Å²) in [7, 11) is 0. The van der Waals surface area contributed by atoms with Crippen molar-refractivity contribution < 1.29 is 9.34 Å². The molecule has 6 heteroatoms. The van der Waals surface area contributed by atoms with E-state index in [4.69, 9.17) is 16.0 Å². The SMILES string of the molecule is O=[N+]([O-])c1cc(Cl)ccc1CNCCc1ccco1. The molecule has 0 aliphatic rings. The molecule has 1 N–H and O–H groups in total. The van der Waals surface area contributed by atoms with Crippen molar-refractivity contribution in [3.8, 4) is 0 Å². The lowest BCUT2D eigenvalue weighted by molar-refractivity contribution is -0.385. The van der Waals surface area contributed by atoms with Gasteiger partial charge >= 0.3 is 0 Å². The van der Waals surface area contributed by atoms with Gasteiger partial charge in [-0.3, -0.25) is 10.1 Å². The zero-order valence-electron chi connectivity index (χ0n) is 10.1. The van der Waals surface area contributed by atoms with Gasteiger partial charge in [0.25, 0.3) is 5.69 Å². The highest BCUT2D eigenvalue weighted by atomic mass is 35.5. The van der Waals surface area contributed by atoms with Crippen LogP contribution in [0, 0.1) is 10.1 Å². The minimum atomic E-state index is -0.421. The molecular formula is C13H13ClN2O3. The van der Waals surface area contributed by atoms with Crippen LogP contribution in [-0.2, 0) is 13.0 Å². The Kier molecular flexibility index (Phi) is 4.54. The Labute approximate surface area is 115 Å². The molecule has 100 valence electrons. The van der Waals surface area contributed by atoms with Gasteiger partial charge < -0.3 is 9.73 Å². The van der Waals surface area contributed by atoms with Gasteiger partial charge in [-0.05, 0) is 24.3 Å². The van der Waals surface area contributed by atoms with Gasteiger partial charge in [-0.15, -0.1) is 0 Å². The van der Waals surface area contributed by atoms with Crippen LogP contribution in [0.15, 0.2) is 41.0 Å². The highest BCUT2D eigenvalue weighted by Gasteiger charge is 2.13. The zero-order valence-corrected chi connectivity index (χ0v) is 10.9. The summed E-state index contributed by atoms with van der Waals surface area (Å²) in [5.41, 5.74) is 0.659. The van der Waals surface area contributed by atoms with Gasteiger partial charge in [-0.2, -0.15) is 0 Å². The third-order valence-corrected chi connectivity index (χ3v) is 2.92. The number of furan rings is 1. The van der Waals surface area contributed by atoms with E-state index < -0.39 is 4.92 Å². The Bertz CT molecular complexity index is 555. The van der Waals surface area contributed by atoms with E-state index in [0.29, 0.717) is 23.7 Å². The van der Waals surface area contributed by atoms with E-state index >= 15 is 0 Å². The fourth-order valence-electron chi connectivity index (χ4n) is 1.75. The normalized spacial score (nSPS) is 10.6. The second-order valence-electron chi connectivity index (χ2n) is 4.04. The maximum atomic E-state index is 10.9. The monoisotopic (exact) mass is 280 g/mol. The number of halogens is 1. The van der Waals surface area contributed by atoms with Gasteiger partial charge in [-0.25, -0.2) is 0 Å². The van der Waals surface area contributed by atoms with E-state index in [1.54, 1.807) is 18.4 Å². The van der Waals surface area contributed by atoms with Crippen LogP contribution in [0.1, 0.15) is 11.3 Å². The first kappa shape index (κ1) is 13.6. The lowest BCUT2D eigenvalue weighted by Crippen LogP contribution is -2.17. The predicted molar refractivity (Wildman–Crippen MR) is 72.2 cm³/mol. The van der Waals surface area contributed by atoms with Crippen LogP contribution in [0.2, 0.25) is 5.02 Å². The fourth-order valence-corrected chi connectivity index (χ4v) is 1.91. The first-order chi connectivity index (χ1) is 9.16. The van der Waals surface area contributed by atoms with E-state index in [1.807, 2.05) is 12.1 Å². The molecule has 0 aliphatic carbocycles. The smallest absolute Gasteiger partial charge is 0.275 e. The summed E-state index contributed by atoms with van der Waals surface area (Å²) in [5.74, 6) is 0.887. The molecule has 0 aliphatic heterocycles. The summed E-state index contributed by atoms with van der Waals surface area (Å²) in [5, 5.41) is 14.4. The molecule has 0 saturated carbocycles. The first-order valence-electron chi connectivity index (χ1n) is 5.83. The molecule has 1 aromatic heterocycles. The van der Waals surface area contributed by atoms with Crippen molar-refractivity contribution in [1.29, 1.82) is 0 Å². The molecule has 0 atom stereocenters. The minimum absolute atomic E-state index is 0.0398. The Morgan fingerprint density at radius 2 is 2.21 bits per heavy atom. The van der Waals surface area contributed by atoms with Gasteiger partial charge in [-0.1, -0.05) is 11.6 Å². The number of hydrogen-bond donors (Lipinski definition) is 1. The van der Waals surface area contributed by atoms with Crippen molar-refractivity contribution in [3.05, 3.63) is 63.1 Å². The van der Waals surface area contributed by atoms with Crippen molar-refractivity contribution in [3.63, 3.8) is 0 Å². The number of nitrogens with zero attached hydrogens (tertiary/aromatic N) is 1. The molecule has 1 heterocycles.